The van der Waals surface area contributed by atoms with E-state index in [0.29, 0.717) is 25.2 Å². The average molecular weight is 369 g/mol. The number of hydrogen-bond donors (Lipinski definition) is 3. The van der Waals surface area contributed by atoms with E-state index in [2.05, 4.69) is 10.6 Å². The molecule has 0 aliphatic carbocycles. The number of amides is 2. The predicted molar refractivity (Wildman–Crippen MR) is 93.9 cm³/mol. The third-order valence-corrected chi connectivity index (χ3v) is 2.89. The maximum absolute atomic E-state index is 13.5. The monoisotopic (exact) mass is 368 g/mol. The van der Waals surface area contributed by atoms with Gasteiger partial charge in [0.1, 0.15) is 5.82 Å². The van der Waals surface area contributed by atoms with E-state index in [1.807, 2.05) is 0 Å². The van der Waals surface area contributed by atoms with E-state index in [9.17, 15) is 14.0 Å². The van der Waals surface area contributed by atoms with Gasteiger partial charge in [-0.1, -0.05) is 12.1 Å². The molecule has 0 saturated carbocycles. The zero-order chi connectivity index (χ0) is 15.7. The van der Waals surface area contributed by atoms with Crippen LogP contribution in [-0.2, 0) is 9.59 Å². The highest BCUT2D eigenvalue weighted by molar-refractivity contribution is 5.86. The third kappa shape index (κ3) is 9.22. The second-order valence-electron chi connectivity index (χ2n) is 4.56. The van der Waals surface area contributed by atoms with Gasteiger partial charge >= 0.3 is 0 Å². The zero-order valence-electron chi connectivity index (χ0n) is 12.9. The van der Waals surface area contributed by atoms with E-state index < -0.39 is 0 Å². The van der Waals surface area contributed by atoms with E-state index in [4.69, 9.17) is 5.73 Å². The highest BCUT2D eigenvalue weighted by Gasteiger charge is 2.07. The highest BCUT2D eigenvalue weighted by Crippen LogP contribution is 2.16. The smallest absolute Gasteiger partial charge is 0.239 e. The van der Waals surface area contributed by atoms with Gasteiger partial charge in [0.15, 0.2) is 0 Å². The fourth-order valence-electron chi connectivity index (χ4n) is 1.74. The Morgan fingerprint density at radius 2 is 1.83 bits per heavy atom. The molecule has 0 atom stereocenters. The van der Waals surface area contributed by atoms with Crippen molar-refractivity contribution in [2.45, 2.75) is 6.42 Å². The van der Waals surface area contributed by atoms with Crippen LogP contribution in [0.2, 0.25) is 0 Å². The summed E-state index contributed by atoms with van der Waals surface area (Å²) in [6.07, 6.45) is 0.668. The maximum Gasteiger partial charge on any atom is 0.239 e. The summed E-state index contributed by atoms with van der Waals surface area (Å²) >= 11 is 0. The molecule has 0 aliphatic rings. The molecule has 1 rings (SSSR count). The van der Waals surface area contributed by atoms with E-state index in [1.54, 1.807) is 30.1 Å². The molecule has 0 spiro atoms. The van der Waals surface area contributed by atoms with Crippen LogP contribution >= 0.6 is 24.8 Å². The van der Waals surface area contributed by atoms with E-state index >= 15 is 0 Å². The van der Waals surface area contributed by atoms with Crippen molar-refractivity contribution in [3.63, 3.8) is 0 Å². The number of carbonyl (C=O) groups is 2. The summed E-state index contributed by atoms with van der Waals surface area (Å²) in [6, 6.07) is 6.53. The van der Waals surface area contributed by atoms with Gasteiger partial charge in [-0.3, -0.25) is 9.59 Å². The summed E-state index contributed by atoms with van der Waals surface area (Å²) in [5.41, 5.74) is 5.63. The number of benzene rings is 1. The van der Waals surface area contributed by atoms with E-state index in [-0.39, 0.29) is 55.5 Å². The van der Waals surface area contributed by atoms with Gasteiger partial charge in [-0.15, -0.1) is 24.8 Å². The largest absolute Gasteiger partial charge is 0.372 e. The Kier molecular flexibility index (Phi) is 13.3. The molecule has 6 nitrogen and oxygen atoms in total. The molecule has 0 radical (unpaired) electrons. The fourth-order valence-corrected chi connectivity index (χ4v) is 1.74. The predicted octanol–water partition coefficient (Wildman–Crippen LogP) is 0.687. The van der Waals surface area contributed by atoms with E-state index in [1.165, 1.54) is 6.07 Å². The number of hydrogen-bond acceptors (Lipinski definition) is 4. The van der Waals surface area contributed by atoms with Crippen LogP contribution in [0.5, 0.6) is 0 Å². The van der Waals surface area contributed by atoms with Crippen molar-refractivity contribution < 1.29 is 14.0 Å². The normalized spacial score (nSPS) is 9.17. The number of anilines is 1. The first-order valence-electron chi connectivity index (χ1n) is 6.73. The third-order valence-electron chi connectivity index (χ3n) is 2.89. The number of rotatable bonds is 8. The molecule has 132 valence electrons. The molecule has 0 heterocycles. The van der Waals surface area contributed by atoms with Crippen LogP contribution in [0.3, 0.4) is 0 Å². The van der Waals surface area contributed by atoms with Crippen molar-refractivity contribution in [3.8, 4) is 0 Å². The zero-order valence-corrected chi connectivity index (χ0v) is 14.5. The summed E-state index contributed by atoms with van der Waals surface area (Å²) in [4.78, 5) is 24.0. The maximum atomic E-state index is 13.5. The molecule has 2 amide bonds. The van der Waals surface area contributed by atoms with Gasteiger partial charge in [0, 0.05) is 20.1 Å². The molecule has 1 aromatic carbocycles. The number of carbonyl (C=O) groups excluding carboxylic acids is 2. The second kappa shape index (κ2) is 12.9. The van der Waals surface area contributed by atoms with Crippen molar-refractivity contribution in [1.82, 2.24) is 10.6 Å². The van der Waals surface area contributed by atoms with Crippen LogP contribution in [0.25, 0.3) is 0 Å². The SMILES string of the molecule is CN(CCCNC(=O)CNC(=O)CN)c1ccccc1F.Cl.Cl. The molecule has 0 unspecified atom stereocenters. The van der Waals surface area contributed by atoms with Crippen molar-refractivity contribution >= 4 is 42.3 Å². The van der Waals surface area contributed by atoms with Gasteiger partial charge in [-0.05, 0) is 18.6 Å². The molecule has 1 aromatic rings. The summed E-state index contributed by atoms with van der Waals surface area (Å²) in [6.45, 7) is 0.840. The number of nitrogens with zero attached hydrogens (tertiary/aromatic N) is 1. The van der Waals surface area contributed by atoms with Crippen molar-refractivity contribution in [2.75, 3.05) is 38.1 Å². The lowest BCUT2D eigenvalue weighted by atomic mass is 10.2. The first-order valence-corrected chi connectivity index (χ1v) is 6.73. The minimum atomic E-state index is -0.371. The topological polar surface area (TPSA) is 87.5 Å². The van der Waals surface area contributed by atoms with Crippen LogP contribution in [0, 0.1) is 5.82 Å². The molecule has 0 aliphatic heterocycles. The van der Waals surface area contributed by atoms with Gasteiger partial charge in [0.05, 0.1) is 18.8 Å². The van der Waals surface area contributed by atoms with Crippen LogP contribution in [-0.4, -0.2) is 45.0 Å². The van der Waals surface area contributed by atoms with Crippen LogP contribution in [0.15, 0.2) is 24.3 Å². The van der Waals surface area contributed by atoms with Crippen molar-refractivity contribution in [2.24, 2.45) is 5.73 Å². The lowest BCUT2D eigenvalue weighted by molar-refractivity contribution is -0.125. The lowest BCUT2D eigenvalue weighted by Crippen LogP contribution is -2.40. The van der Waals surface area contributed by atoms with Crippen molar-refractivity contribution in [3.05, 3.63) is 30.1 Å². The molecule has 9 heteroatoms. The Bertz CT molecular complexity index is 492. The molecule has 0 bridgehead atoms. The van der Waals surface area contributed by atoms with Crippen LogP contribution in [0.1, 0.15) is 6.42 Å². The van der Waals surface area contributed by atoms with Gasteiger partial charge in [-0.25, -0.2) is 4.39 Å². The standard InChI is InChI=1S/C14H21FN4O2.2ClH/c1-19(12-6-3-2-5-11(12)15)8-4-7-17-14(21)10-18-13(20)9-16;;/h2-3,5-6H,4,7-10,16H2,1H3,(H,17,21)(H,18,20);2*1H. The molecular formula is C14H23Cl2FN4O2. The Balaban J connectivity index is 0. The molecule has 4 N–H and O–H groups in total. The number of para-hydroxylation sites is 1. The van der Waals surface area contributed by atoms with Gasteiger partial charge < -0.3 is 21.3 Å². The molecule has 23 heavy (non-hydrogen) atoms. The minimum Gasteiger partial charge on any atom is -0.372 e. The first-order chi connectivity index (χ1) is 10.0. The minimum absolute atomic E-state index is 0. The van der Waals surface area contributed by atoms with Crippen molar-refractivity contribution in [1.29, 1.82) is 0 Å². The fraction of sp³-hybridized carbons (Fsp3) is 0.429. The van der Waals surface area contributed by atoms with Gasteiger partial charge in [-0.2, -0.15) is 0 Å². The summed E-state index contributed by atoms with van der Waals surface area (Å²) in [7, 11) is 1.79. The van der Waals surface area contributed by atoms with E-state index in [0.717, 1.165) is 0 Å². The molecule has 0 saturated heterocycles. The number of nitrogens with one attached hydrogen (secondary N) is 2. The lowest BCUT2D eigenvalue weighted by Gasteiger charge is -2.19. The molecule has 0 fully saturated rings. The van der Waals surface area contributed by atoms with Crippen LogP contribution in [0.4, 0.5) is 10.1 Å². The molecular weight excluding hydrogens is 346 g/mol. The van der Waals surface area contributed by atoms with Gasteiger partial charge in [0.2, 0.25) is 11.8 Å². The Labute approximate surface area is 147 Å². The molecule has 0 aromatic heterocycles. The Hall–Kier alpha value is -1.57. The summed E-state index contributed by atoms with van der Waals surface area (Å²) in [5.74, 6) is -0.914. The van der Waals surface area contributed by atoms with Gasteiger partial charge in [0.25, 0.3) is 0 Å². The first kappa shape index (κ1) is 23.7. The summed E-state index contributed by atoms with van der Waals surface area (Å²) in [5, 5.41) is 5.05. The number of nitrogens with two attached hydrogens (primary N) is 1. The van der Waals surface area contributed by atoms with Crippen LogP contribution < -0.4 is 21.3 Å². The quantitative estimate of drug-likeness (QED) is 0.589. The average Bonchev–Trinajstić information content (AvgIpc) is 2.49. The number of halogens is 3. The highest BCUT2D eigenvalue weighted by atomic mass is 35.5. The summed E-state index contributed by atoms with van der Waals surface area (Å²) < 4.78 is 13.5. The Morgan fingerprint density at radius 3 is 2.43 bits per heavy atom. The second-order valence-corrected chi connectivity index (χ2v) is 4.56. The Morgan fingerprint density at radius 1 is 1.17 bits per heavy atom.